The van der Waals surface area contributed by atoms with Crippen LogP contribution in [0.5, 0.6) is 11.6 Å². The summed E-state index contributed by atoms with van der Waals surface area (Å²) in [5.41, 5.74) is 1.82. The molecule has 0 atom stereocenters. The molecule has 1 aromatic carbocycles. The van der Waals surface area contributed by atoms with Crippen LogP contribution in [0.25, 0.3) is 21.8 Å². The molecule has 3 heterocycles. The van der Waals surface area contributed by atoms with Gasteiger partial charge < -0.3 is 14.8 Å². The van der Waals surface area contributed by atoms with E-state index in [1.807, 2.05) is 54.8 Å². The molecule has 0 saturated heterocycles. The van der Waals surface area contributed by atoms with E-state index in [0.29, 0.717) is 18.2 Å². The fourth-order valence-corrected chi connectivity index (χ4v) is 3.79. The second-order valence-corrected chi connectivity index (χ2v) is 8.05. The van der Waals surface area contributed by atoms with E-state index in [1.165, 1.54) is 6.07 Å². The van der Waals surface area contributed by atoms with Gasteiger partial charge in [0.2, 0.25) is 11.8 Å². The van der Waals surface area contributed by atoms with Gasteiger partial charge in [0.25, 0.3) is 5.56 Å². The van der Waals surface area contributed by atoms with Gasteiger partial charge in [0.05, 0.1) is 23.7 Å². The van der Waals surface area contributed by atoms with Crippen LogP contribution < -0.4 is 20.3 Å². The summed E-state index contributed by atoms with van der Waals surface area (Å²) in [6.07, 6.45) is 0. The maximum absolute atomic E-state index is 12.3. The second-order valence-electron chi connectivity index (χ2n) is 7.10. The lowest BCUT2D eigenvalue weighted by atomic mass is 10.1. The van der Waals surface area contributed by atoms with Gasteiger partial charge >= 0.3 is 0 Å². The number of hydrogen-bond donors (Lipinski definition) is 1. The summed E-state index contributed by atoms with van der Waals surface area (Å²) in [7, 11) is 0. The van der Waals surface area contributed by atoms with Gasteiger partial charge in [-0.05, 0) is 54.8 Å². The number of ether oxygens (including phenoxy) is 2. The molecule has 10 heteroatoms. The zero-order valence-electron chi connectivity index (χ0n) is 18.5. The van der Waals surface area contributed by atoms with E-state index in [-0.39, 0.29) is 31.2 Å². The highest BCUT2D eigenvalue weighted by molar-refractivity contribution is 7.13. The number of nitrogens with one attached hydrogen (secondary N) is 1. The number of aromatic nitrogens is 4. The van der Waals surface area contributed by atoms with Gasteiger partial charge in [-0.1, -0.05) is 6.07 Å². The van der Waals surface area contributed by atoms with Gasteiger partial charge in [-0.3, -0.25) is 9.59 Å². The number of rotatable bonds is 10. The zero-order valence-corrected chi connectivity index (χ0v) is 19.3. The van der Waals surface area contributed by atoms with E-state index in [9.17, 15) is 9.59 Å². The monoisotopic (exact) mass is 477 g/mol. The van der Waals surface area contributed by atoms with Gasteiger partial charge in [0.15, 0.2) is 0 Å². The molecule has 0 aliphatic rings. The lowest BCUT2D eigenvalue weighted by Crippen LogP contribution is -2.35. The molecule has 34 heavy (non-hydrogen) atoms. The lowest BCUT2D eigenvalue weighted by molar-refractivity contribution is -0.122. The summed E-state index contributed by atoms with van der Waals surface area (Å²) in [6.45, 7) is 2.77. The smallest absolute Gasteiger partial charge is 0.267 e. The Balaban J connectivity index is 1.27. The van der Waals surface area contributed by atoms with Crippen LogP contribution in [0.15, 0.2) is 70.8 Å². The number of thiophene rings is 1. The summed E-state index contributed by atoms with van der Waals surface area (Å²) < 4.78 is 12.1. The SMILES string of the molecule is CCOc1ccc(-c2ccc(=O)n(CC(=O)NCCOc3ccc(-c4cccs4)nn3)n2)cc1. The molecule has 9 nitrogen and oxygen atoms in total. The molecule has 4 rings (SSSR count). The van der Waals surface area contributed by atoms with Crippen molar-refractivity contribution in [2.24, 2.45) is 0 Å². The summed E-state index contributed by atoms with van der Waals surface area (Å²) >= 11 is 1.58. The molecule has 0 unspecified atom stereocenters. The largest absolute Gasteiger partial charge is 0.494 e. The average Bonchev–Trinajstić information content (AvgIpc) is 3.40. The maximum Gasteiger partial charge on any atom is 0.267 e. The minimum Gasteiger partial charge on any atom is -0.494 e. The first-order valence-electron chi connectivity index (χ1n) is 10.7. The molecule has 1 amide bonds. The quantitative estimate of drug-likeness (QED) is 0.350. The predicted molar refractivity (Wildman–Crippen MR) is 129 cm³/mol. The van der Waals surface area contributed by atoms with E-state index in [4.69, 9.17) is 9.47 Å². The molecule has 0 saturated carbocycles. The van der Waals surface area contributed by atoms with Gasteiger partial charge in [-0.25, -0.2) is 4.68 Å². The third kappa shape index (κ3) is 6.04. The molecule has 174 valence electrons. The Morgan fingerprint density at radius 3 is 2.53 bits per heavy atom. The van der Waals surface area contributed by atoms with Crippen LogP contribution in [0.1, 0.15) is 6.92 Å². The summed E-state index contributed by atoms with van der Waals surface area (Å²) in [6, 6.07) is 17.9. The molecular formula is C24H23N5O4S. The van der Waals surface area contributed by atoms with Crippen molar-refractivity contribution in [1.82, 2.24) is 25.3 Å². The van der Waals surface area contributed by atoms with Crippen molar-refractivity contribution in [3.8, 4) is 33.5 Å². The summed E-state index contributed by atoms with van der Waals surface area (Å²) in [5, 5.41) is 17.2. The number of carbonyl (C=O) groups excluding carboxylic acids is 1. The van der Waals surface area contributed by atoms with Crippen molar-refractivity contribution < 1.29 is 14.3 Å². The molecule has 0 aliphatic carbocycles. The van der Waals surface area contributed by atoms with Crippen molar-refractivity contribution in [3.63, 3.8) is 0 Å². The number of hydrogen-bond acceptors (Lipinski definition) is 8. The van der Waals surface area contributed by atoms with E-state index in [1.54, 1.807) is 23.5 Å². The fourth-order valence-electron chi connectivity index (χ4n) is 3.10. The molecule has 0 fully saturated rings. The van der Waals surface area contributed by atoms with Crippen LogP contribution >= 0.6 is 11.3 Å². The molecule has 0 radical (unpaired) electrons. The Hall–Kier alpha value is -4.05. The normalized spacial score (nSPS) is 10.6. The molecule has 0 spiro atoms. The van der Waals surface area contributed by atoms with E-state index >= 15 is 0 Å². The summed E-state index contributed by atoms with van der Waals surface area (Å²) in [4.78, 5) is 25.5. The van der Waals surface area contributed by atoms with Gasteiger partial charge in [0.1, 0.15) is 24.6 Å². The van der Waals surface area contributed by atoms with Crippen molar-refractivity contribution in [2.75, 3.05) is 19.8 Å². The minimum atomic E-state index is -0.359. The molecule has 0 bridgehead atoms. The van der Waals surface area contributed by atoms with Crippen LogP contribution in [0.3, 0.4) is 0 Å². The highest BCUT2D eigenvalue weighted by Crippen LogP contribution is 2.22. The Morgan fingerprint density at radius 1 is 1.00 bits per heavy atom. The van der Waals surface area contributed by atoms with Crippen molar-refractivity contribution in [2.45, 2.75) is 13.5 Å². The minimum absolute atomic E-state index is 0.195. The zero-order chi connectivity index (χ0) is 23.8. The first-order chi connectivity index (χ1) is 16.6. The number of carbonyl (C=O) groups is 1. The predicted octanol–water partition coefficient (Wildman–Crippen LogP) is 3.02. The number of amides is 1. The van der Waals surface area contributed by atoms with Crippen molar-refractivity contribution in [1.29, 1.82) is 0 Å². The highest BCUT2D eigenvalue weighted by Gasteiger charge is 2.09. The Morgan fingerprint density at radius 2 is 1.82 bits per heavy atom. The van der Waals surface area contributed by atoms with E-state index in [0.717, 1.165) is 26.6 Å². The molecule has 0 aliphatic heterocycles. The van der Waals surface area contributed by atoms with Crippen LogP contribution in [-0.2, 0) is 11.3 Å². The average molecular weight is 478 g/mol. The molecule has 3 aromatic heterocycles. The Labute approximate surface area is 200 Å². The topological polar surface area (TPSA) is 108 Å². The van der Waals surface area contributed by atoms with Gasteiger partial charge in [0, 0.05) is 17.7 Å². The van der Waals surface area contributed by atoms with Crippen LogP contribution in [0, 0.1) is 0 Å². The van der Waals surface area contributed by atoms with Crippen molar-refractivity contribution >= 4 is 17.2 Å². The number of benzene rings is 1. The fraction of sp³-hybridized carbons (Fsp3) is 0.208. The second kappa shape index (κ2) is 11.2. The van der Waals surface area contributed by atoms with Gasteiger partial charge in [-0.15, -0.1) is 21.5 Å². The van der Waals surface area contributed by atoms with E-state index < -0.39 is 0 Å². The molecule has 4 aromatic rings. The van der Waals surface area contributed by atoms with Crippen LogP contribution in [-0.4, -0.2) is 45.6 Å². The maximum atomic E-state index is 12.3. The molecule has 1 N–H and O–H groups in total. The molecular weight excluding hydrogens is 454 g/mol. The highest BCUT2D eigenvalue weighted by atomic mass is 32.1. The van der Waals surface area contributed by atoms with Gasteiger partial charge in [-0.2, -0.15) is 5.10 Å². The van der Waals surface area contributed by atoms with Crippen LogP contribution in [0.4, 0.5) is 0 Å². The Bertz CT molecular complexity index is 1270. The first kappa shape index (κ1) is 23.1. The van der Waals surface area contributed by atoms with E-state index in [2.05, 4.69) is 20.6 Å². The first-order valence-corrected chi connectivity index (χ1v) is 11.6. The van der Waals surface area contributed by atoms with Crippen molar-refractivity contribution in [3.05, 3.63) is 76.4 Å². The lowest BCUT2D eigenvalue weighted by Gasteiger charge is -2.09. The standard InChI is InChI=1S/C24H23N5O4S/c1-2-32-18-7-5-17(6-8-18)19-10-12-24(31)29(28-19)16-22(30)25-13-14-33-23-11-9-20(26-27-23)21-4-3-15-34-21/h3-12,15H,2,13-14,16H2,1H3,(H,25,30). The van der Waals surface area contributed by atoms with Crippen LogP contribution in [0.2, 0.25) is 0 Å². The number of nitrogens with zero attached hydrogens (tertiary/aromatic N) is 4. The third-order valence-electron chi connectivity index (χ3n) is 4.71. The third-order valence-corrected chi connectivity index (χ3v) is 5.60. The summed E-state index contributed by atoms with van der Waals surface area (Å²) in [5.74, 6) is 0.780. The Kier molecular flexibility index (Phi) is 7.61.